The Bertz CT molecular complexity index is 1100. The maximum Gasteiger partial charge on any atom is 0.339 e. The lowest BCUT2D eigenvalue weighted by molar-refractivity contribution is -0.384. The van der Waals surface area contributed by atoms with Gasteiger partial charge in [-0.05, 0) is 68.1 Å². The highest BCUT2D eigenvalue weighted by Crippen LogP contribution is 2.35. The van der Waals surface area contributed by atoms with Gasteiger partial charge >= 0.3 is 5.97 Å². The molecule has 0 N–H and O–H groups in total. The zero-order chi connectivity index (χ0) is 20.6. The van der Waals surface area contributed by atoms with Gasteiger partial charge in [-0.25, -0.2) is 4.79 Å². The number of carbonyl (C=O) groups is 1. The third-order valence-corrected chi connectivity index (χ3v) is 5.02. The number of methoxy groups -OCH3 is 1. The van der Waals surface area contributed by atoms with Crippen molar-refractivity contribution in [3.05, 3.63) is 80.5 Å². The third kappa shape index (κ3) is 3.29. The Morgan fingerprint density at radius 3 is 2.32 bits per heavy atom. The molecule has 144 valence electrons. The summed E-state index contributed by atoms with van der Waals surface area (Å²) in [6, 6.07) is 12.8. The van der Waals surface area contributed by atoms with E-state index in [0.717, 1.165) is 22.3 Å². The molecule has 0 fully saturated rings. The molecular weight excluding hydrogens is 356 g/mol. The van der Waals surface area contributed by atoms with Crippen molar-refractivity contribution in [2.24, 2.45) is 0 Å². The van der Waals surface area contributed by atoms with Crippen LogP contribution in [0.3, 0.4) is 0 Å². The lowest BCUT2D eigenvalue weighted by atomic mass is 10.0. The standard InChI is InChI=1S/C22H22N2O4/c1-13-6-9-19(21(10-13)24(26)27)23-16(4)18(22(25)28-5)12-20(23)17-8-7-14(2)15(3)11-17/h6-12H,1-5H3. The molecule has 1 heterocycles. The Hall–Kier alpha value is -3.41. The summed E-state index contributed by atoms with van der Waals surface area (Å²) in [5, 5.41) is 11.7. The van der Waals surface area contributed by atoms with Gasteiger partial charge in [0.15, 0.2) is 0 Å². The van der Waals surface area contributed by atoms with Crippen molar-refractivity contribution in [3.63, 3.8) is 0 Å². The number of aryl methyl sites for hydroxylation is 3. The Balaban J connectivity index is 2.37. The molecule has 3 rings (SSSR count). The molecule has 0 aliphatic carbocycles. The van der Waals surface area contributed by atoms with E-state index in [1.54, 1.807) is 23.6 Å². The maximum absolute atomic E-state index is 12.3. The second-order valence-corrected chi connectivity index (χ2v) is 6.90. The van der Waals surface area contributed by atoms with Crippen molar-refractivity contribution < 1.29 is 14.5 Å². The van der Waals surface area contributed by atoms with Crippen LogP contribution < -0.4 is 0 Å². The van der Waals surface area contributed by atoms with Gasteiger partial charge in [0.25, 0.3) is 5.69 Å². The van der Waals surface area contributed by atoms with Crippen molar-refractivity contribution in [3.8, 4) is 16.9 Å². The molecule has 0 unspecified atom stereocenters. The molecule has 0 aliphatic rings. The number of ether oxygens (including phenoxy) is 1. The first-order chi connectivity index (χ1) is 13.2. The first-order valence-electron chi connectivity index (χ1n) is 8.88. The van der Waals surface area contributed by atoms with Crippen LogP contribution in [0.2, 0.25) is 0 Å². The average molecular weight is 378 g/mol. The fraction of sp³-hybridized carbons (Fsp3) is 0.227. The summed E-state index contributed by atoms with van der Waals surface area (Å²) in [6.07, 6.45) is 0. The van der Waals surface area contributed by atoms with Gasteiger partial charge in [0.2, 0.25) is 0 Å². The van der Waals surface area contributed by atoms with E-state index in [1.807, 2.05) is 45.0 Å². The molecule has 0 atom stereocenters. The lowest BCUT2D eigenvalue weighted by Gasteiger charge is -2.14. The van der Waals surface area contributed by atoms with E-state index in [9.17, 15) is 14.9 Å². The molecule has 3 aromatic rings. The zero-order valence-electron chi connectivity index (χ0n) is 16.6. The number of benzene rings is 2. The van der Waals surface area contributed by atoms with E-state index in [4.69, 9.17) is 4.74 Å². The van der Waals surface area contributed by atoms with E-state index >= 15 is 0 Å². The highest BCUT2D eigenvalue weighted by Gasteiger charge is 2.25. The van der Waals surface area contributed by atoms with Crippen LogP contribution in [0.15, 0.2) is 42.5 Å². The largest absolute Gasteiger partial charge is 0.465 e. The molecule has 0 bridgehead atoms. The van der Waals surface area contributed by atoms with Gasteiger partial charge in [0.05, 0.1) is 23.3 Å². The number of aromatic nitrogens is 1. The Morgan fingerprint density at radius 2 is 1.71 bits per heavy atom. The van der Waals surface area contributed by atoms with Crippen LogP contribution in [0.5, 0.6) is 0 Å². The van der Waals surface area contributed by atoms with Crippen molar-refractivity contribution in [1.29, 1.82) is 0 Å². The number of carbonyl (C=O) groups excluding carboxylic acids is 1. The quantitative estimate of drug-likeness (QED) is 0.361. The summed E-state index contributed by atoms with van der Waals surface area (Å²) in [5.41, 5.74) is 5.98. The average Bonchev–Trinajstić information content (AvgIpc) is 3.00. The van der Waals surface area contributed by atoms with Gasteiger partial charge < -0.3 is 9.30 Å². The highest BCUT2D eigenvalue weighted by molar-refractivity contribution is 5.93. The van der Waals surface area contributed by atoms with E-state index in [-0.39, 0.29) is 5.69 Å². The van der Waals surface area contributed by atoms with Gasteiger partial charge in [-0.1, -0.05) is 18.2 Å². The number of hydrogen-bond donors (Lipinski definition) is 0. The molecular formula is C22H22N2O4. The fourth-order valence-electron chi connectivity index (χ4n) is 3.32. The van der Waals surface area contributed by atoms with Crippen molar-refractivity contribution in [1.82, 2.24) is 4.57 Å². The van der Waals surface area contributed by atoms with Crippen LogP contribution in [0.4, 0.5) is 5.69 Å². The predicted octanol–water partition coefficient (Wildman–Crippen LogP) is 5.07. The summed E-state index contributed by atoms with van der Waals surface area (Å²) in [6.45, 7) is 7.60. The first-order valence-corrected chi connectivity index (χ1v) is 8.88. The number of nitrogens with zero attached hydrogens (tertiary/aromatic N) is 2. The van der Waals surface area contributed by atoms with E-state index in [0.29, 0.717) is 22.6 Å². The minimum atomic E-state index is -0.476. The summed E-state index contributed by atoms with van der Waals surface area (Å²) in [5.74, 6) is -0.476. The third-order valence-electron chi connectivity index (χ3n) is 5.02. The minimum Gasteiger partial charge on any atom is -0.465 e. The molecule has 2 aromatic carbocycles. The smallest absolute Gasteiger partial charge is 0.339 e. The first kappa shape index (κ1) is 19.4. The van der Waals surface area contributed by atoms with Crippen molar-refractivity contribution in [2.45, 2.75) is 27.7 Å². The van der Waals surface area contributed by atoms with Gasteiger partial charge in [-0.2, -0.15) is 0 Å². The van der Waals surface area contributed by atoms with Crippen LogP contribution in [0.1, 0.15) is 32.7 Å². The molecule has 28 heavy (non-hydrogen) atoms. The molecule has 0 spiro atoms. The highest BCUT2D eigenvalue weighted by atomic mass is 16.6. The number of rotatable bonds is 4. The topological polar surface area (TPSA) is 74.4 Å². The second-order valence-electron chi connectivity index (χ2n) is 6.90. The summed E-state index contributed by atoms with van der Waals surface area (Å²) in [7, 11) is 1.32. The zero-order valence-corrected chi connectivity index (χ0v) is 16.6. The van der Waals surface area contributed by atoms with Gasteiger partial charge in [0.1, 0.15) is 5.69 Å². The molecule has 0 radical (unpaired) electrons. The lowest BCUT2D eigenvalue weighted by Crippen LogP contribution is -2.07. The number of nitro groups is 1. The van der Waals surface area contributed by atoms with Crippen LogP contribution >= 0.6 is 0 Å². The van der Waals surface area contributed by atoms with Crippen LogP contribution in [0, 0.1) is 37.8 Å². The fourth-order valence-corrected chi connectivity index (χ4v) is 3.32. The van der Waals surface area contributed by atoms with E-state index in [1.165, 1.54) is 13.2 Å². The Morgan fingerprint density at radius 1 is 1.00 bits per heavy atom. The number of hydrogen-bond acceptors (Lipinski definition) is 4. The summed E-state index contributed by atoms with van der Waals surface area (Å²) in [4.78, 5) is 23.6. The van der Waals surface area contributed by atoms with Crippen LogP contribution in [-0.4, -0.2) is 22.6 Å². The molecule has 0 aliphatic heterocycles. The normalized spacial score (nSPS) is 10.8. The number of esters is 1. The predicted molar refractivity (Wildman–Crippen MR) is 108 cm³/mol. The van der Waals surface area contributed by atoms with Crippen molar-refractivity contribution in [2.75, 3.05) is 7.11 Å². The van der Waals surface area contributed by atoms with Gasteiger partial charge in [0, 0.05) is 11.8 Å². The van der Waals surface area contributed by atoms with Gasteiger partial charge in [-0.3, -0.25) is 10.1 Å². The molecule has 0 saturated heterocycles. The minimum absolute atomic E-state index is 0.0137. The molecule has 0 saturated carbocycles. The molecule has 6 nitrogen and oxygen atoms in total. The van der Waals surface area contributed by atoms with Gasteiger partial charge in [-0.15, -0.1) is 0 Å². The monoisotopic (exact) mass is 378 g/mol. The maximum atomic E-state index is 12.3. The molecule has 6 heteroatoms. The van der Waals surface area contributed by atoms with E-state index in [2.05, 4.69) is 0 Å². The number of nitro benzene ring substituents is 1. The van der Waals surface area contributed by atoms with Crippen molar-refractivity contribution >= 4 is 11.7 Å². The SMILES string of the molecule is COC(=O)c1cc(-c2ccc(C)c(C)c2)n(-c2ccc(C)cc2[N+](=O)[O-])c1C. The van der Waals surface area contributed by atoms with Crippen LogP contribution in [0.25, 0.3) is 16.9 Å². The van der Waals surface area contributed by atoms with Crippen LogP contribution in [-0.2, 0) is 4.74 Å². The summed E-state index contributed by atoms with van der Waals surface area (Å²) < 4.78 is 6.67. The van der Waals surface area contributed by atoms with E-state index < -0.39 is 10.9 Å². The Kier molecular flexibility index (Phi) is 5.05. The second kappa shape index (κ2) is 7.31. The Labute approximate surface area is 163 Å². The summed E-state index contributed by atoms with van der Waals surface area (Å²) >= 11 is 0. The molecule has 0 amide bonds. The molecule has 1 aromatic heterocycles.